The molecule has 5 amide bonds. The van der Waals surface area contributed by atoms with Crippen LogP contribution in [-0.2, 0) is 36.9 Å². The molecule has 2 heterocycles. The highest BCUT2D eigenvalue weighted by Gasteiger charge is 2.35. The van der Waals surface area contributed by atoms with Gasteiger partial charge >= 0.3 is 6.09 Å². The van der Waals surface area contributed by atoms with Gasteiger partial charge in [0.25, 0.3) is 0 Å². The molecule has 2 atom stereocenters. The quantitative estimate of drug-likeness (QED) is 0.192. The van der Waals surface area contributed by atoms with Crippen molar-refractivity contribution >= 4 is 29.7 Å². The molecular weight excluding hydrogens is 709 g/mol. The monoisotopic (exact) mass is 766 g/mol. The lowest BCUT2D eigenvalue weighted by Gasteiger charge is -2.36. The molecule has 5 rings (SSSR count). The van der Waals surface area contributed by atoms with Crippen molar-refractivity contribution in [3.8, 4) is 0 Å². The Kier molecular flexibility index (Phi) is 15.0. The number of nitrogens with zero attached hydrogens (tertiary/aromatic N) is 3. The van der Waals surface area contributed by atoms with Crippen LogP contribution < -0.4 is 16.0 Å². The molecule has 3 aromatic carbocycles. The molecule has 1 saturated heterocycles. The number of hydrogen-bond acceptors (Lipinski definition) is 7. The molecule has 0 spiro atoms. The van der Waals surface area contributed by atoms with E-state index in [-0.39, 0.29) is 42.4 Å². The van der Waals surface area contributed by atoms with E-state index in [4.69, 9.17) is 4.74 Å². The van der Waals surface area contributed by atoms with Crippen LogP contribution in [0.25, 0.3) is 0 Å². The highest BCUT2D eigenvalue weighted by atomic mass is 16.6. The van der Waals surface area contributed by atoms with E-state index in [1.54, 1.807) is 25.7 Å². The number of alkyl carbamates (subject to hydrolysis) is 1. The number of unbranched alkanes of at least 4 members (excludes halogenated alkanes) is 1. The SMILES string of the molecule is CN1CCN(C(=O)CCC(=O)N2Cc3ccccc3CC2C(=O)NCCCCC(NC(=O)OC(C)(C)C)C(=O)NCC(c2ccccc2)c2ccccc2)CC1. The molecule has 12 heteroatoms. The predicted octanol–water partition coefficient (Wildman–Crippen LogP) is 4.62. The first-order valence-electron chi connectivity index (χ1n) is 19.9. The lowest BCUT2D eigenvalue weighted by atomic mass is 9.91. The number of carbonyl (C=O) groups is 5. The molecule has 56 heavy (non-hydrogen) atoms. The minimum Gasteiger partial charge on any atom is -0.444 e. The number of piperazine rings is 1. The number of nitrogens with one attached hydrogen (secondary N) is 3. The highest BCUT2D eigenvalue weighted by Crippen LogP contribution is 2.26. The van der Waals surface area contributed by atoms with Crippen molar-refractivity contribution in [2.45, 2.75) is 89.4 Å². The van der Waals surface area contributed by atoms with Crippen LogP contribution in [0, 0.1) is 0 Å². The molecule has 300 valence electrons. The molecule has 0 aliphatic carbocycles. The Morgan fingerprint density at radius 1 is 0.750 bits per heavy atom. The van der Waals surface area contributed by atoms with Crippen molar-refractivity contribution in [2.24, 2.45) is 0 Å². The van der Waals surface area contributed by atoms with E-state index in [1.807, 2.05) is 96.9 Å². The number of ether oxygens (including phenoxy) is 1. The molecule has 12 nitrogen and oxygen atoms in total. The molecule has 2 unspecified atom stereocenters. The third-order valence-corrected chi connectivity index (χ3v) is 10.4. The largest absolute Gasteiger partial charge is 0.444 e. The Bertz CT molecular complexity index is 1730. The number of fused-ring (bicyclic) bond motifs is 1. The van der Waals surface area contributed by atoms with Crippen molar-refractivity contribution in [2.75, 3.05) is 46.3 Å². The van der Waals surface area contributed by atoms with Crippen molar-refractivity contribution < 1.29 is 28.7 Å². The lowest BCUT2D eigenvalue weighted by Crippen LogP contribution is -2.53. The summed E-state index contributed by atoms with van der Waals surface area (Å²) in [5.74, 6) is -0.921. The fourth-order valence-corrected chi connectivity index (χ4v) is 7.24. The topological polar surface area (TPSA) is 140 Å². The van der Waals surface area contributed by atoms with Gasteiger partial charge in [-0.25, -0.2) is 4.79 Å². The van der Waals surface area contributed by atoms with E-state index >= 15 is 0 Å². The van der Waals surface area contributed by atoms with Gasteiger partial charge in [0.15, 0.2) is 0 Å². The summed E-state index contributed by atoms with van der Waals surface area (Å²) in [4.78, 5) is 72.3. The van der Waals surface area contributed by atoms with Crippen molar-refractivity contribution in [3.05, 3.63) is 107 Å². The summed E-state index contributed by atoms with van der Waals surface area (Å²) in [5, 5.41) is 8.85. The smallest absolute Gasteiger partial charge is 0.408 e. The highest BCUT2D eigenvalue weighted by molar-refractivity contribution is 5.90. The number of hydrogen-bond donors (Lipinski definition) is 3. The molecule has 1 fully saturated rings. The fourth-order valence-electron chi connectivity index (χ4n) is 7.24. The third kappa shape index (κ3) is 12.4. The standard InChI is InChI=1S/C44H58N6O6/c1-44(2,3)56-43(55)47-37(41(53)46-30-36(32-15-7-5-8-16-32)33-17-9-6-10-18-33)21-13-14-24-45-42(54)38-29-34-19-11-12-20-35(34)31-50(38)40(52)23-22-39(51)49-27-25-48(4)26-28-49/h5-12,15-20,36-38H,13-14,21-31H2,1-4H3,(H,45,54)(H,46,53)(H,47,55). The van der Waals surface area contributed by atoms with Crippen LogP contribution in [-0.4, -0.2) is 108 Å². The molecular formula is C44H58N6O6. The normalized spacial score (nSPS) is 16.4. The average Bonchev–Trinajstić information content (AvgIpc) is 3.19. The zero-order valence-corrected chi connectivity index (χ0v) is 33.3. The average molecular weight is 767 g/mol. The van der Waals surface area contributed by atoms with Crippen LogP contribution in [0.2, 0.25) is 0 Å². The number of carbonyl (C=O) groups excluding carboxylic acids is 5. The molecule has 3 N–H and O–H groups in total. The van der Waals surface area contributed by atoms with E-state index in [2.05, 4.69) is 20.9 Å². The van der Waals surface area contributed by atoms with Gasteiger partial charge in [-0.15, -0.1) is 0 Å². The minimum atomic E-state index is -0.857. The Labute approximate surface area is 331 Å². The summed E-state index contributed by atoms with van der Waals surface area (Å²) in [6.07, 6.45) is 1.25. The zero-order valence-electron chi connectivity index (χ0n) is 33.3. The third-order valence-electron chi connectivity index (χ3n) is 10.4. The molecule has 2 aliphatic heterocycles. The van der Waals surface area contributed by atoms with Crippen molar-refractivity contribution in [1.29, 1.82) is 0 Å². The van der Waals surface area contributed by atoms with Gasteiger partial charge in [-0.1, -0.05) is 84.9 Å². The van der Waals surface area contributed by atoms with E-state index in [0.29, 0.717) is 58.4 Å². The summed E-state index contributed by atoms with van der Waals surface area (Å²) >= 11 is 0. The van der Waals surface area contributed by atoms with Crippen LogP contribution >= 0.6 is 0 Å². The van der Waals surface area contributed by atoms with Crippen LogP contribution in [0.1, 0.15) is 81.0 Å². The number of amides is 5. The summed E-state index contributed by atoms with van der Waals surface area (Å²) in [7, 11) is 2.03. The van der Waals surface area contributed by atoms with Crippen LogP contribution in [0.15, 0.2) is 84.9 Å². The van der Waals surface area contributed by atoms with Crippen LogP contribution in [0.4, 0.5) is 4.79 Å². The minimum absolute atomic E-state index is 0.0368. The Balaban J connectivity index is 1.16. The second-order valence-electron chi connectivity index (χ2n) is 15.8. The summed E-state index contributed by atoms with van der Waals surface area (Å²) in [6, 6.07) is 26.2. The number of rotatable bonds is 15. The van der Waals surface area contributed by atoms with E-state index in [1.165, 1.54) is 0 Å². The van der Waals surface area contributed by atoms with Gasteiger partial charge in [-0.2, -0.15) is 0 Å². The van der Waals surface area contributed by atoms with Gasteiger partial charge in [0.2, 0.25) is 23.6 Å². The number of benzene rings is 3. The second kappa shape index (κ2) is 20.1. The van der Waals surface area contributed by atoms with Gasteiger partial charge in [-0.05, 0) is 69.3 Å². The predicted molar refractivity (Wildman–Crippen MR) is 216 cm³/mol. The van der Waals surface area contributed by atoms with E-state index < -0.39 is 23.8 Å². The first-order chi connectivity index (χ1) is 26.9. The molecule has 0 aromatic heterocycles. The van der Waals surface area contributed by atoms with Crippen molar-refractivity contribution in [1.82, 2.24) is 30.7 Å². The molecule has 0 radical (unpaired) electrons. The summed E-state index contributed by atoms with van der Waals surface area (Å²) in [5.41, 5.74) is 3.40. The Morgan fingerprint density at radius 3 is 1.96 bits per heavy atom. The van der Waals surface area contributed by atoms with Gasteiger partial charge in [-0.3, -0.25) is 19.2 Å². The maximum atomic E-state index is 13.7. The summed E-state index contributed by atoms with van der Waals surface area (Å²) in [6.45, 7) is 9.18. The summed E-state index contributed by atoms with van der Waals surface area (Å²) < 4.78 is 5.49. The Morgan fingerprint density at radius 2 is 1.34 bits per heavy atom. The van der Waals surface area contributed by atoms with Gasteiger partial charge in [0.05, 0.1) is 0 Å². The van der Waals surface area contributed by atoms with Crippen LogP contribution in [0.5, 0.6) is 0 Å². The second-order valence-corrected chi connectivity index (χ2v) is 15.8. The lowest BCUT2D eigenvalue weighted by molar-refractivity contribution is -0.143. The zero-order chi connectivity index (χ0) is 40.1. The first-order valence-corrected chi connectivity index (χ1v) is 19.9. The number of likely N-dealkylation sites (N-methyl/N-ethyl adjacent to an activating group) is 1. The maximum absolute atomic E-state index is 13.7. The van der Waals surface area contributed by atoms with Gasteiger partial charge in [0, 0.05) is 71.0 Å². The van der Waals surface area contributed by atoms with E-state index in [9.17, 15) is 24.0 Å². The Hall–Kier alpha value is -5.23. The molecule has 2 aliphatic rings. The molecule has 0 bridgehead atoms. The first kappa shape index (κ1) is 41.9. The van der Waals surface area contributed by atoms with Gasteiger partial charge < -0.3 is 35.4 Å². The van der Waals surface area contributed by atoms with Gasteiger partial charge in [0.1, 0.15) is 17.7 Å². The van der Waals surface area contributed by atoms with E-state index in [0.717, 1.165) is 35.3 Å². The van der Waals surface area contributed by atoms with Crippen LogP contribution in [0.3, 0.4) is 0 Å². The molecule has 0 saturated carbocycles. The molecule has 3 aromatic rings. The van der Waals surface area contributed by atoms with Crippen molar-refractivity contribution in [3.63, 3.8) is 0 Å². The fraction of sp³-hybridized carbons (Fsp3) is 0.477. The maximum Gasteiger partial charge on any atom is 0.408 e.